The fourth-order valence-corrected chi connectivity index (χ4v) is 6.91. The van der Waals surface area contributed by atoms with Gasteiger partial charge < -0.3 is 8.85 Å². The van der Waals surface area contributed by atoms with E-state index in [0.717, 1.165) is 0 Å². The van der Waals surface area contributed by atoms with E-state index in [4.69, 9.17) is 8.85 Å². The van der Waals surface area contributed by atoms with Gasteiger partial charge in [0.1, 0.15) is 12.2 Å². The van der Waals surface area contributed by atoms with E-state index in [-0.39, 0.29) is 22.3 Å². The number of hydrogen-bond acceptors (Lipinski definition) is 3. The molecule has 0 unspecified atom stereocenters. The highest BCUT2D eigenvalue weighted by Crippen LogP contribution is 2.53. The van der Waals surface area contributed by atoms with Crippen LogP contribution in [0.2, 0.25) is 36.3 Å². The Morgan fingerprint density at radius 1 is 0.613 bits per heavy atom. The molecule has 0 saturated heterocycles. The first-order valence-corrected chi connectivity index (χ1v) is 18.0. The van der Waals surface area contributed by atoms with E-state index >= 15 is 0 Å². The summed E-state index contributed by atoms with van der Waals surface area (Å²) < 4.78 is 14.4. The average Bonchev–Trinajstić information content (AvgIpc) is 2.75. The molecule has 1 aliphatic rings. The second-order valence-electron chi connectivity index (χ2n) is 11.8. The van der Waals surface area contributed by atoms with Gasteiger partial charge >= 0.3 is 0 Å². The summed E-state index contributed by atoms with van der Waals surface area (Å²) in [5.74, 6) is 0. The summed E-state index contributed by atoms with van der Waals surface area (Å²) >= 11 is 1.85. The Morgan fingerprint density at radius 2 is 0.935 bits per heavy atom. The maximum Gasteiger partial charge on any atom is 0.193 e. The minimum Gasteiger partial charge on any atom is -0.407 e. The molecule has 0 saturated carbocycles. The minimum atomic E-state index is -2.04. The van der Waals surface area contributed by atoms with E-state index < -0.39 is 16.6 Å². The summed E-state index contributed by atoms with van der Waals surface area (Å²) in [5.41, 5.74) is 2.52. The van der Waals surface area contributed by atoms with Crippen LogP contribution in [0.5, 0.6) is 0 Å². The SMILES string of the molecule is CC(C)(C)[Si](C)(C)O[C@@H]1c2ccccc2Sc2ccccc2[C@H]1O[Si](C)(C)C(C)(C)C. The second kappa shape index (κ2) is 8.49. The van der Waals surface area contributed by atoms with Crippen LogP contribution in [0.25, 0.3) is 0 Å². The van der Waals surface area contributed by atoms with Gasteiger partial charge in [-0.15, -0.1) is 0 Å². The predicted octanol–water partition coefficient (Wildman–Crippen LogP) is 8.98. The van der Waals surface area contributed by atoms with Crippen molar-refractivity contribution in [2.45, 2.75) is 99.8 Å². The molecule has 2 aromatic rings. The van der Waals surface area contributed by atoms with Gasteiger partial charge in [-0.1, -0.05) is 89.7 Å². The normalized spacial score (nSPS) is 20.1. The molecule has 31 heavy (non-hydrogen) atoms. The first-order chi connectivity index (χ1) is 14.1. The summed E-state index contributed by atoms with van der Waals surface area (Å²) in [7, 11) is -4.08. The zero-order chi connectivity index (χ0) is 23.2. The van der Waals surface area contributed by atoms with Crippen LogP contribution < -0.4 is 0 Å². The van der Waals surface area contributed by atoms with Crippen molar-refractivity contribution in [1.82, 2.24) is 0 Å². The van der Waals surface area contributed by atoms with Crippen LogP contribution in [0.15, 0.2) is 58.3 Å². The van der Waals surface area contributed by atoms with Crippen LogP contribution in [0, 0.1) is 0 Å². The molecule has 170 valence electrons. The van der Waals surface area contributed by atoms with Crippen molar-refractivity contribution in [2.75, 3.05) is 0 Å². The molecule has 0 N–H and O–H groups in total. The molecule has 0 spiro atoms. The summed E-state index contributed by atoms with van der Waals surface area (Å²) in [5, 5.41) is 0.255. The van der Waals surface area contributed by atoms with Crippen LogP contribution >= 0.6 is 11.8 Å². The van der Waals surface area contributed by atoms with E-state index in [1.54, 1.807) is 0 Å². The highest BCUT2D eigenvalue weighted by Gasteiger charge is 2.47. The maximum atomic E-state index is 7.20. The Kier molecular flexibility index (Phi) is 6.79. The molecular weight excluding hydrogens is 433 g/mol. The highest BCUT2D eigenvalue weighted by atomic mass is 32.2. The number of hydrogen-bond donors (Lipinski definition) is 0. The van der Waals surface area contributed by atoms with Gasteiger partial charge in [0.05, 0.1) is 0 Å². The van der Waals surface area contributed by atoms with Gasteiger partial charge in [-0.25, -0.2) is 0 Å². The quantitative estimate of drug-likeness (QED) is 0.414. The first kappa shape index (κ1) is 24.8. The molecule has 2 nitrogen and oxygen atoms in total. The smallest absolute Gasteiger partial charge is 0.193 e. The number of benzene rings is 2. The molecule has 0 bridgehead atoms. The molecular formula is C26H40O2SSi2. The van der Waals surface area contributed by atoms with Gasteiger partial charge in [0.15, 0.2) is 16.6 Å². The first-order valence-electron chi connectivity index (χ1n) is 11.4. The Morgan fingerprint density at radius 3 is 1.26 bits per heavy atom. The predicted molar refractivity (Wildman–Crippen MR) is 139 cm³/mol. The molecule has 2 aromatic carbocycles. The number of fused-ring (bicyclic) bond motifs is 2. The molecule has 2 atom stereocenters. The van der Waals surface area contributed by atoms with Gasteiger partial charge in [0, 0.05) is 9.79 Å². The lowest BCUT2D eigenvalue weighted by molar-refractivity contribution is 0.0309. The molecule has 0 amide bonds. The van der Waals surface area contributed by atoms with Crippen molar-refractivity contribution in [2.24, 2.45) is 0 Å². The van der Waals surface area contributed by atoms with Crippen LogP contribution in [-0.2, 0) is 8.85 Å². The van der Waals surface area contributed by atoms with E-state index in [9.17, 15) is 0 Å². The Labute approximate surface area is 196 Å². The van der Waals surface area contributed by atoms with Crippen molar-refractivity contribution in [3.63, 3.8) is 0 Å². The standard InChI is InChI=1S/C26H40O2SSi2/c1-25(2,3)30(7,8)27-23-19-15-11-13-17-21(19)29-22-18-14-12-16-20(22)24(23)28-31(9,10)26(4,5)6/h11-18,23-24H,1-10H3/t23-,24-/m1/s1. The molecule has 0 aliphatic carbocycles. The second-order valence-corrected chi connectivity index (χ2v) is 22.4. The zero-order valence-corrected chi connectivity index (χ0v) is 23.8. The molecule has 0 aromatic heterocycles. The lowest BCUT2D eigenvalue weighted by atomic mass is 9.98. The topological polar surface area (TPSA) is 18.5 Å². The maximum absolute atomic E-state index is 7.20. The van der Waals surface area contributed by atoms with Crippen molar-refractivity contribution < 1.29 is 8.85 Å². The summed E-state index contributed by atoms with van der Waals surface area (Å²) in [6.45, 7) is 23.3. The summed E-state index contributed by atoms with van der Waals surface area (Å²) in [6.07, 6.45) is -0.218. The summed E-state index contributed by atoms with van der Waals surface area (Å²) in [4.78, 5) is 2.56. The largest absolute Gasteiger partial charge is 0.407 e. The van der Waals surface area contributed by atoms with E-state index in [0.29, 0.717) is 0 Å². The van der Waals surface area contributed by atoms with Crippen molar-refractivity contribution in [1.29, 1.82) is 0 Å². The fraction of sp³-hybridized carbons (Fsp3) is 0.538. The zero-order valence-electron chi connectivity index (χ0n) is 21.0. The lowest BCUT2D eigenvalue weighted by Gasteiger charge is -2.45. The third-order valence-electron chi connectivity index (χ3n) is 7.40. The van der Waals surface area contributed by atoms with Gasteiger partial charge in [0.25, 0.3) is 0 Å². The molecule has 0 radical (unpaired) electrons. The molecule has 1 aliphatic heterocycles. The molecule has 3 rings (SSSR count). The third kappa shape index (κ3) is 5.06. The molecule has 1 heterocycles. The van der Waals surface area contributed by atoms with Crippen LogP contribution in [0.1, 0.15) is 64.9 Å². The third-order valence-corrected chi connectivity index (χ3v) is 17.5. The molecule has 5 heteroatoms. The molecule has 0 fully saturated rings. The lowest BCUT2D eigenvalue weighted by Crippen LogP contribution is -2.46. The fourth-order valence-electron chi connectivity index (χ4n) is 3.30. The Balaban J connectivity index is 2.21. The average molecular weight is 473 g/mol. The minimum absolute atomic E-state index is 0.109. The van der Waals surface area contributed by atoms with Gasteiger partial charge in [-0.2, -0.15) is 0 Å². The van der Waals surface area contributed by atoms with Crippen LogP contribution in [-0.4, -0.2) is 16.6 Å². The van der Waals surface area contributed by atoms with Crippen molar-refractivity contribution in [3.05, 3.63) is 59.7 Å². The Bertz CT molecular complexity index is 850. The van der Waals surface area contributed by atoms with Crippen LogP contribution in [0.3, 0.4) is 0 Å². The van der Waals surface area contributed by atoms with Crippen molar-refractivity contribution in [3.8, 4) is 0 Å². The summed E-state index contributed by atoms with van der Waals surface area (Å²) in [6, 6.07) is 17.5. The van der Waals surface area contributed by atoms with Gasteiger partial charge in [0.2, 0.25) is 0 Å². The van der Waals surface area contributed by atoms with E-state index in [1.807, 2.05) is 11.8 Å². The van der Waals surface area contributed by atoms with Gasteiger partial charge in [-0.05, 0) is 59.5 Å². The van der Waals surface area contributed by atoms with Crippen molar-refractivity contribution >= 4 is 28.4 Å². The van der Waals surface area contributed by atoms with E-state index in [1.165, 1.54) is 20.9 Å². The Hall–Kier alpha value is -0.856. The van der Waals surface area contributed by atoms with E-state index in [2.05, 4.69) is 116 Å². The highest BCUT2D eigenvalue weighted by molar-refractivity contribution is 7.99. The number of rotatable bonds is 4. The monoisotopic (exact) mass is 472 g/mol. The van der Waals surface area contributed by atoms with Gasteiger partial charge in [-0.3, -0.25) is 0 Å². The van der Waals surface area contributed by atoms with Crippen LogP contribution in [0.4, 0.5) is 0 Å².